The Morgan fingerprint density at radius 2 is 2.04 bits per heavy atom. The van der Waals surface area contributed by atoms with Crippen LogP contribution in [0.25, 0.3) is 10.1 Å². The van der Waals surface area contributed by atoms with Gasteiger partial charge in [0.05, 0.1) is 11.4 Å². The normalized spacial score (nSPS) is 17.8. The second-order valence-electron chi connectivity index (χ2n) is 5.67. The number of halogens is 1. The molecule has 3 aromatic rings. The van der Waals surface area contributed by atoms with Crippen LogP contribution in [-0.2, 0) is 0 Å². The minimum atomic E-state index is 0.426. The fourth-order valence-corrected chi connectivity index (χ4v) is 3.97. The highest BCUT2D eigenvalue weighted by atomic mass is 127. The summed E-state index contributed by atoms with van der Waals surface area (Å²) in [5, 5.41) is 8.28. The van der Waals surface area contributed by atoms with Crippen LogP contribution in [0.4, 0.5) is 11.5 Å². The molecule has 1 fully saturated rings. The van der Waals surface area contributed by atoms with Gasteiger partial charge in [-0.15, -0.1) is 0 Å². The molecule has 118 valence electrons. The third-order valence-corrected chi connectivity index (χ3v) is 5.64. The lowest BCUT2D eigenvalue weighted by Crippen LogP contribution is -2.31. The first-order valence-electron chi connectivity index (χ1n) is 7.62. The molecule has 0 saturated carbocycles. The second-order valence-corrected chi connectivity index (χ2v) is 7.72. The molecule has 1 aromatic heterocycles. The second kappa shape index (κ2) is 6.62. The van der Waals surface area contributed by atoms with E-state index in [4.69, 9.17) is 0 Å². The lowest BCUT2D eigenvalue weighted by atomic mass is 10.2. The quantitative estimate of drug-likeness (QED) is 0.612. The molecule has 2 heterocycles. The molecule has 1 aliphatic rings. The number of nitrogens with one attached hydrogen (secondary N) is 2. The van der Waals surface area contributed by atoms with Gasteiger partial charge in [0, 0.05) is 33.8 Å². The van der Waals surface area contributed by atoms with E-state index in [1.165, 1.54) is 19.3 Å². The summed E-state index contributed by atoms with van der Waals surface area (Å²) in [6.07, 6.45) is 0. The fraction of sp³-hybridized carbons (Fsp3) is 0.235. The molecule has 2 aromatic carbocycles. The summed E-state index contributed by atoms with van der Waals surface area (Å²) in [4.78, 5) is 2.38. The molecule has 1 atom stereocenters. The lowest BCUT2D eigenvalue weighted by Gasteiger charge is -2.17. The van der Waals surface area contributed by atoms with Crippen molar-refractivity contribution >= 4 is 55.7 Å². The van der Waals surface area contributed by atoms with Crippen LogP contribution in [0.1, 0.15) is 0 Å². The van der Waals surface area contributed by atoms with Crippen molar-refractivity contribution in [3.05, 3.63) is 52.1 Å². The summed E-state index contributed by atoms with van der Waals surface area (Å²) in [5.74, 6) is 1.00. The fourth-order valence-electron chi connectivity index (χ4n) is 2.85. The number of rotatable bonds is 4. The molecule has 0 aliphatic carbocycles. The Morgan fingerprint density at radius 1 is 1.22 bits per heavy atom. The smallest absolute Gasteiger partial charge is 0.147 e. The summed E-state index contributed by atoms with van der Waals surface area (Å²) in [5.41, 5.74) is 1.28. The van der Waals surface area contributed by atoms with E-state index in [0.717, 1.165) is 25.6 Å². The summed E-state index contributed by atoms with van der Waals surface area (Å²) in [6, 6.07) is 17.5. The Hall–Kier alpha value is -1.38. The van der Waals surface area contributed by atoms with Crippen molar-refractivity contribution in [2.24, 2.45) is 0 Å². The van der Waals surface area contributed by atoms with Crippen LogP contribution in [0.3, 0.4) is 0 Å². The largest absolute Gasteiger partial charge is 0.367 e. The molecule has 0 radical (unpaired) electrons. The SMILES string of the molecule is Ic1ccc(N2CNC(CNc3nsc4ccccc34)C2)cc1. The first-order valence-corrected chi connectivity index (χ1v) is 9.47. The van der Waals surface area contributed by atoms with E-state index in [1.54, 1.807) is 11.5 Å². The molecule has 1 aliphatic heterocycles. The minimum Gasteiger partial charge on any atom is -0.367 e. The Kier molecular flexibility index (Phi) is 4.37. The van der Waals surface area contributed by atoms with Gasteiger partial charge in [0.1, 0.15) is 5.82 Å². The van der Waals surface area contributed by atoms with Crippen molar-refractivity contribution in [3.8, 4) is 0 Å². The molecule has 0 bridgehead atoms. The van der Waals surface area contributed by atoms with Gasteiger partial charge in [-0.2, -0.15) is 4.37 Å². The molecule has 0 amide bonds. The maximum atomic E-state index is 4.53. The summed E-state index contributed by atoms with van der Waals surface area (Å²) >= 11 is 3.89. The van der Waals surface area contributed by atoms with Gasteiger partial charge in [-0.05, 0) is 70.5 Å². The maximum absolute atomic E-state index is 4.53. The van der Waals surface area contributed by atoms with Gasteiger partial charge in [-0.3, -0.25) is 5.32 Å². The van der Waals surface area contributed by atoms with Crippen molar-refractivity contribution in [1.82, 2.24) is 9.69 Å². The van der Waals surface area contributed by atoms with Gasteiger partial charge < -0.3 is 10.2 Å². The molecule has 23 heavy (non-hydrogen) atoms. The number of benzene rings is 2. The number of hydrogen-bond acceptors (Lipinski definition) is 5. The average molecular weight is 436 g/mol. The first-order chi connectivity index (χ1) is 11.3. The molecular weight excluding hydrogens is 419 g/mol. The van der Waals surface area contributed by atoms with Crippen LogP contribution in [0.2, 0.25) is 0 Å². The zero-order valence-electron chi connectivity index (χ0n) is 12.5. The van der Waals surface area contributed by atoms with Crippen molar-refractivity contribution in [1.29, 1.82) is 0 Å². The monoisotopic (exact) mass is 436 g/mol. The van der Waals surface area contributed by atoms with Crippen LogP contribution in [0, 0.1) is 3.57 Å². The van der Waals surface area contributed by atoms with Gasteiger partial charge in [-0.25, -0.2) is 0 Å². The van der Waals surface area contributed by atoms with Gasteiger partial charge >= 0.3 is 0 Å². The van der Waals surface area contributed by atoms with Crippen molar-refractivity contribution in [2.45, 2.75) is 6.04 Å². The van der Waals surface area contributed by atoms with Crippen molar-refractivity contribution in [2.75, 3.05) is 30.0 Å². The number of anilines is 2. The summed E-state index contributed by atoms with van der Waals surface area (Å²) in [6.45, 7) is 2.79. The molecular formula is C17H17IN4S. The molecule has 1 saturated heterocycles. The standard InChI is InChI=1S/C17H17IN4S/c18-12-5-7-14(8-6-12)22-10-13(20-11-22)9-19-17-15-3-1-2-4-16(15)23-21-17/h1-8,13,20H,9-11H2,(H,19,21). The molecule has 4 nitrogen and oxygen atoms in total. The van der Waals surface area contributed by atoms with Crippen LogP contribution in [0.15, 0.2) is 48.5 Å². The maximum Gasteiger partial charge on any atom is 0.147 e. The molecule has 6 heteroatoms. The van der Waals surface area contributed by atoms with E-state index in [9.17, 15) is 0 Å². The van der Waals surface area contributed by atoms with Crippen LogP contribution in [0.5, 0.6) is 0 Å². The van der Waals surface area contributed by atoms with Gasteiger partial charge in [-0.1, -0.05) is 12.1 Å². The number of fused-ring (bicyclic) bond motifs is 1. The molecule has 1 unspecified atom stereocenters. The van der Waals surface area contributed by atoms with Crippen LogP contribution < -0.4 is 15.5 Å². The predicted molar refractivity (Wildman–Crippen MR) is 106 cm³/mol. The van der Waals surface area contributed by atoms with E-state index in [2.05, 4.69) is 91.0 Å². The van der Waals surface area contributed by atoms with Gasteiger partial charge in [0.25, 0.3) is 0 Å². The first kappa shape index (κ1) is 15.2. The lowest BCUT2D eigenvalue weighted by molar-refractivity contribution is 0.660. The number of nitrogens with zero attached hydrogens (tertiary/aromatic N) is 2. The van der Waals surface area contributed by atoms with Crippen LogP contribution >= 0.6 is 34.1 Å². The van der Waals surface area contributed by atoms with E-state index in [0.29, 0.717) is 6.04 Å². The van der Waals surface area contributed by atoms with E-state index < -0.39 is 0 Å². The Morgan fingerprint density at radius 3 is 2.91 bits per heavy atom. The number of hydrogen-bond donors (Lipinski definition) is 2. The van der Waals surface area contributed by atoms with E-state index >= 15 is 0 Å². The topological polar surface area (TPSA) is 40.2 Å². The predicted octanol–water partition coefficient (Wildman–Crippen LogP) is 3.75. The third-order valence-electron chi connectivity index (χ3n) is 4.10. The summed E-state index contributed by atoms with van der Waals surface area (Å²) in [7, 11) is 0. The Balaban J connectivity index is 1.38. The molecule has 4 rings (SSSR count). The average Bonchev–Trinajstić information content (AvgIpc) is 3.20. The highest BCUT2D eigenvalue weighted by Crippen LogP contribution is 2.26. The third kappa shape index (κ3) is 3.29. The Labute approximate surface area is 153 Å². The summed E-state index contributed by atoms with van der Waals surface area (Å²) < 4.78 is 7.03. The van der Waals surface area contributed by atoms with E-state index in [1.807, 2.05) is 0 Å². The van der Waals surface area contributed by atoms with E-state index in [-0.39, 0.29) is 0 Å². The van der Waals surface area contributed by atoms with Crippen molar-refractivity contribution < 1.29 is 0 Å². The number of aromatic nitrogens is 1. The van der Waals surface area contributed by atoms with Gasteiger partial charge in [0.2, 0.25) is 0 Å². The zero-order chi connectivity index (χ0) is 15.6. The highest BCUT2D eigenvalue weighted by Gasteiger charge is 2.22. The molecule has 0 spiro atoms. The van der Waals surface area contributed by atoms with Crippen molar-refractivity contribution in [3.63, 3.8) is 0 Å². The Bertz CT molecular complexity index is 802. The van der Waals surface area contributed by atoms with Crippen LogP contribution in [-0.4, -0.2) is 30.2 Å². The zero-order valence-corrected chi connectivity index (χ0v) is 15.5. The van der Waals surface area contributed by atoms with Gasteiger partial charge in [0.15, 0.2) is 0 Å². The highest BCUT2D eigenvalue weighted by molar-refractivity contribution is 14.1. The minimum absolute atomic E-state index is 0.426. The molecule has 2 N–H and O–H groups in total.